The molecule has 0 heterocycles. The molecule has 0 amide bonds. The lowest BCUT2D eigenvalue weighted by molar-refractivity contribution is 0.111. The molecule has 0 saturated heterocycles. The van der Waals surface area contributed by atoms with Crippen LogP contribution in [0.15, 0.2) is 0 Å². The molecule has 0 aliphatic heterocycles. The fourth-order valence-corrected chi connectivity index (χ4v) is 3.22. The Morgan fingerprint density at radius 2 is 2.08 bits per heavy atom. The molecule has 0 unspecified atom stereocenters. The second-order valence-electron chi connectivity index (χ2n) is 3.40. The first-order valence-electron chi connectivity index (χ1n) is 4.22. The number of aliphatic hydroxyl groups is 1. The van der Waals surface area contributed by atoms with E-state index in [1.807, 2.05) is 0 Å². The van der Waals surface area contributed by atoms with Gasteiger partial charge in [0.25, 0.3) is 0 Å². The minimum Gasteiger partial charge on any atom is -0.394 e. The number of hydrogen-bond acceptors (Lipinski definition) is 3. The predicted molar refractivity (Wildman–Crippen MR) is 51.3 cm³/mol. The number of rotatable bonds is 5. The highest BCUT2D eigenvalue weighted by Gasteiger charge is 2.39. The maximum atomic E-state index is 11.3. The quantitative estimate of drug-likeness (QED) is 0.653. The van der Waals surface area contributed by atoms with Gasteiger partial charge in [0.1, 0.15) is 0 Å². The van der Waals surface area contributed by atoms with Gasteiger partial charge in [0.2, 0.25) is 10.0 Å². The lowest BCUT2D eigenvalue weighted by Crippen LogP contribution is -2.56. The molecule has 2 N–H and O–H groups in total. The first-order valence-corrected chi connectivity index (χ1v) is 6.41. The van der Waals surface area contributed by atoms with Gasteiger partial charge in [0.15, 0.2) is 0 Å². The number of hydrogen-bond donors (Lipinski definition) is 2. The van der Waals surface area contributed by atoms with E-state index in [0.717, 1.165) is 6.42 Å². The Bertz CT molecular complexity index is 255. The first kappa shape index (κ1) is 11.2. The highest BCUT2D eigenvalue weighted by atomic mass is 35.5. The molecule has 13 heavy (non-hydrogen) atoms. The van der Waals surface area contributed by atoms with E-state index in [2.05, 4.69) is 4.72 Å². The van der Waals surface area contributed by atoms with E-state index in [9.17, 15) is 8.42 Å². The largest absolute Gasteiger partial charge is 0.394 e. The van der Waals surface area contributed by atoms with Crippen molar-refractivity contribution in [3.05, 3.63) is 0 Å². The Labute approximate surface area is 83.3 Å². The minimum absolute atomic E-state index is 0.0802. The van der Waals surface area contributed by atoms with Gasteiger partial charge in [-0.1, -0.05) is 0 Å². The summed E-state index contributed by atoms with van der Waals surface area (Å²) in [4.78, 5) is 0. The average Bonchev–Trinajstić information content (AvgIpc) is 1.97. The summed E-state index contributed by atoms with van der Waals surface area (Å²) in [7, 11) is -3.30. The summed E-state index contributed by atoms with van der Waals surface area (Å²) in [6, 6.07) is 0. The van der Waals surface area contributed by atoms with Crippen LogP contribution in [-0.2, 0) is 10.0 Å². The third-order valence-corrected chi connectivity index (χ3v) is 4.23. The number of nitrogens with one attached hydrogen (secondary N) is 1. The molecule has 0 bridgehead atoms. The lowest BCUT2D eigenvalue weighted by Gasteiger charge is -2.40. The molecule has 1 aliphatic carbocycles. The maximum absolute atomic E-state index is 11.3. The van der Waals surface area contributed by atoms with Crippen LogP contribution < -0.4 is 4.72 Å². The van der Waals surface area contributed by atoms with Gasteiger partial charge in [-0.3, -0.25) is 0 Å². The lowest BCUT2D eigenvalue weighted by atomic mass is 9.78. The van der Waals surface area contributed by atoms with Crippen molar-refractivity contribution >= 4 is 21.6 Å². The van der Waals surface area contributed by atoms with Gasteiger partial charge in [0.05, 0.1) is 17.9 Å². The summed E-state index contributed by atoms with van der Waals surface area (Å²) in [5, 5.41) is 9.01. The van der Waals surface area contributed by atoms with Crippen molar-refractivity contribution < 1.29 is 13.5 Å². The highest BCUT2D eigenvalue weighted by Crippen LogP contribution is 2.31. The maximum Gasteiger partial charge on any atom is 0.213 e. The van der Waals surface area contributed by atoms with Crippen molar-refractivity contribution in [1.82, 2.24) is 4.72 Å². The Morgan fingerprint density at radius 1 is 1.46 bits per heavy atom. The van der Waals surface area contributed by atoms with E-state index in [4.69, 9.17) is 16.7 Å². The van der Waals surface area contributed by atoms with E-state index in [1.165, 1.54) is 0 Å². The van der Waals surface area contributed by atoms with Crippen molar-refractivity contribution in [2.45, 2.75) is 24.8 Å². The average molecular weight is 228 g/mol. The Hall–Kier alpha value is 0.160. The van der Waals surface area contributed by atoms with Crippen molar-refractivity contribution in [1.29, 1.82) is 0 Å². The minimum atomic E-state index is -3.30. The summed E-state index contributed by atoms with van der Waals surface area (Å²) in [6.45, 7) is -0.130. The van der Waals surface area contributed by atoms with Gasteiger partial charge in [-0.25, -0.2) is 13.1 Å². The van der Waals surface area contributed by atoms with Crippen LogP contribution in [0, 0.1) is 0 Å². The Kier molecular flexibility index (Phi) is 3.57. The number of sulfonamides is 1. The molecular weight excluding hydrogens is 214 g/mol. The van der Waals surface area contributed by atoms with Gasteiger partial charge >= 0.3 is 0 Å². The molecule has 0 aromatic rings. The van der Waals surface area contributed by atoms with E-state index in [0.29, 0.717) is 12.8 Å². The standard InChI is InChI=1S/C7H14ClNO3S/c8-4-5-13(11,12)9-7(6-10)2-1-3-7/h9-10H,1-6H2. The summed E-state index contributed by atoms with van der Waals surface area (Å²) in [5.41, 5.74) is -0.592. The normalized spacial score (nSPS) is 21.1. The molecule has 0 aromatic heterocycles. The molecular formula is C7H14ClNO3S. The van der Waals surface area contributed by atoms with Gasteiger partial charge in [-0.05, 0) is 19.3 Å². The smallest absolute Gasteiger partial charge is 0.213 e. The zero-order valence-electron chi connectivity index (χ0n) is 7.29. The van der Waals surface area contributed by atoms with Gasteiger partial charge in [-0.15, -0.1) is 11.6 Å². The van der Waals surface area contributed by atoms with Crippen LogP contribution in [0.3, 0.4) is 0 Å². The van der Waals surface area contributed by atoms with Gasteiger partial charge in [0, 0.05) is 5.88 Å². The second kappa shape index (κ2) is 4.13. The second-order valence-corrected chi connectivity index (χ2v) is 5.62. The summed E-state index contributed by atoms with van der Waals surface area (Å²) >= 11 is 5.34. The van der Waals surface area contributed by atoms with Crippen LogP contribution in [0.1, 0.15) is 19.3 Å². The Balaban J connectivity index is 2.56. The number of alkyl halides is 1. The Morgan fingerprint density at radius 3 is 2.38 bits per heavy atom. The molecule has 1 rings (SSSR count). The van der Waals surface area contributed by atoms with Crippen LogP contribution in [0.4, 0.5) is 0 Å². The van der Waals surface area contributed by atoms with Crippen LogP contribution in [-0.4, -0.2) is 37.3 Å². The highest BCUT2D eigenvalue weighted by molar-refractivity contribution is 7.89. The fourth-order valence-electron chi connectivity index (χ4n) is 1.38. The topological polar surface area (TPSA) is 66.4 Å². The summed E-state index contributed by atoms with van der Waals surface area (Å²) < 4.78 is 25.1. The molecule has 1 saturated carbocycles. The van der Waals surface area contributed by atoms with Gasteiger partial charge < -0.3 is 5.11 Å². The molecule has 0 atom stereocenters. The van der Waals surface area contributed by atoms with Gasteiger partial charge in [-0.2, -0.15) is 0 Å². The van der Waals surface area contributed by atoms with Crippen molar-refractivity contribution in [2.24, 2.45) is 0 Å². The summed E-state index contributed by atoms with van der Waals surface area (Å²) in [6.07, 6.45) is 2.39. The molecule has 0 spiro atoms. The van der Waals surface area contributed by atoms with E-state index in [-0.39, 0.29) is 18.2 Å². The van der Waals surface area contributed by atoms with Crippen LogP contribution in [0.5, 0.6) is 0 Å². The SMILES string of the molecule is O=S(=O)(CCCl)NC1(CO)CCC1. The van der Waals surface area contributed by atoms with Crippen LogP contribution in [0.2, 0.25) is 0 Å². The third-order valence-electron chi connectivity index (χ3n) is 2.33. The fraction of sp³-hybridized carbons (Fsp3) is 1.00. The van der Waals surface area contributed by atoms with Crippen LogP contribution >= 0.6 is 11.6 Å². The molecule has 78 valence electrons. The third kappa shape index (κ3) is 2.80. The molecule has 0 radical (unpaired) electrons. The monoisotopic (exact) mass is 227 g/mol. The predicted octanol–water partition coefficient (Wildman–Crippen LogP) is 0.0596. The summed E-state index contributed by atoms with van der Waals surface area (Å²) in [5.74, 6) is -0.00680. The van der Waals surface area contributed by atoms with Crippen LogP contribution in [0.25, 0.3) is 0 Å². The molecule has 6 heteroatoms. The van der Waals surface area contributed by atoms with E-state index in [1.54, 1.807) is 0 Å². The molecule has 0 aromatic carbocycles. The molecule has 4 nitrogen and oxygen atoms in total. The molecule has 1 fully saturated rings. The zero-order chi connectivity index (χ0) is 9.95. The number of aliphatic hydroxyl groups excluding tert-OH is 1. The van der Waals surface area contributed by atoms with Crippen molar-refractivity contribution in [3.63, 3.8) is 0 Å². The first-order chi connectivity index (χ1) is 6.04. The van der Waals surface area contributed by atoms with E-state index < -0.39 is 15.6 Å². The number of halogens is 1. The van der Waals surface area contributed by atoms with Crippen molar-refractivity contribution in [3.8, 4) is 0 Å². The van der Waals surface area contributed by atoms with E-state index >= 15 is 0 Å². The van der Waals surface area contributed by atoms with Crippen molar-refractivity contribution in [2.75, 3.05) is 18.2 Å². The molecule has 1 aliphatic rings. The zero-order valence-corrected chi connectivity index (χ0v) is 8.86.